The highest BCUT2D eigenvalue weighted by atomic mass is 32.2. The Balaban J connectivity index is 1.71. The van der Waals surface area contributed by atoms with Gasteiger partial charge in [-0.1, -0.05) is 32.9 Å². The minimum Gasteiger partial charge on any atom is -0.492 e. The van der Waals surface area contributed by atoms with Crippen LogP contribution in [0.5, 0.6) is 5.75 Å². The maximum Gasteiger partial charge on any atom is 0.341 e. The third kappa shape index (κ3) is 5.39. The Bertz CT molecular complexity index is 1190. The fraction of sp³-hybridized carbons (Fsp3) is 0.536. The molecule has 2 aliphatic heterocycles. The largest absolute Gasteiger partial charge is 0.492 e. The number of fused-ring (bicyclic) bond motifs is 1. The molecule has 1 fully saturated rings. The third-order valence-corrected chi connectivity index (χ3v) is 9.13. The Labute approximate surface area is 214 Å². The number of esters is 1. The molecule has 0 N–H and O–H groups in total. The van der Waals surface area contributed by atoms with Gasteiger partial charge in [0.15, 0.2) is 0 Å². The first-order chi connectivity index (χ1) is 17.3. The van der Waals surface area contributed by atoms with Crippen LogP contribution >= 0.6 is 0 Å². The second kappa shape index (κ2) is 11.2. The number of nitrogens with zero attached hydrogens (tertiary/aromatic N) is 1. The first-order valence-electron chi connectivity index (χ1n) is 12.8. The van der Waals surface area contributed by atoms with Crippen LogP contribution in [0.4, 0.5) is 5.69 Å². The van der Waals surface area contributed by atoms with Crippen molar-refractivity contribution in [1.29, 1.82) is 0 Å². The van der Waals surface area contributed by atoms with Crippen molar-refractivity contribution in [3.8, 4) is 5.75 Å². The molecular weight excluding hydrogens is 478 g/mol. The van der Waals surface area contributed by atoms with Gasteiger partial charge in [-0.3, -0.25) is 4.31 Å². The number of anilines is 1. The van der Waals surface area contributed by atoms with Crippen molar-refractivity contribution in [2.24, 2.45) is 11.8 Å². The lowest BCUT2D eigenvalue weighted by Gasteiger charge is -2.40. The molecule has 2 heterocycles. The highest BCUT2D eigenvalue weighted by molar-refractivity contribution is 7.92. The molecule has 2 aliphatic rings. The van der Waals surface area contributed by atoms with Gasteiger partial charge in [0.2, 0.25) is 0 Å². The molecule has 0 radical (unpaired) electrons. The molecule has 1 saturated heterocycles. The summed E-state index contributed by atoms with van der Waals surface area (Å²) >= 11 is 0. The summed E-state index contributed by atoms with van der Waals surface area (Å²) in [6.07, 6.45) is 4.26. The minimum atomic E-state index is -3.95. The van der Waals surface area contributed by atoms with Gasteiger partial charge in [-0.2, -0.15) is 0 Å². The minimum absolute atomic E-state index is 0.0550. The predicted octanol–water partition coefficient (Wildman–Crippen LogP) is 5.01. The van der Waals surface area contributed by atoms with E-state index in [0.717, 1.165) is 43.4 Å². The van der Waals surface area contributed by atoms with Crippen molar-refractivity contribution in [2.45, 2.75) is 63.8 Å². The molecule has 0 bridgehead atoms. The molecule has 2 aromatic rings. The summed E-state index contributed by atoms with van der Waals surface area (Å²) in [5.74, 6) is 0.165. The fourth-order valence-corrected chi connectivity index (χ4v) is 6.96. The maximum atomic E-state index is 14.1. The molecular formula is C28H37NO6S. The van der Waals surface area contributed by atoms with Crippen LogP contribution in [0.2, 0.25) is 0 Å². The summed E-state index contributed by atoms with van der Waals surface area (Å²) in [5.41, 5.74) is 3.06. The van der Waals surface area contributed by atoms with Gasteiger partial charge in [0.25, 0.3) is 10.0 Å². The lowest BCUT2D eigenvalue weighted by Crippen LogP contribution is -2.46. The molecule has 0 spiro atoms. The maximum absolute atomic E-state index is 14.1. The predicted molar refractivity (Wildman–Crippen MR) is 139 cm³/mol. The van der Waals surface area contributed by atoms with Crippen molar-refractivity contribution >= 4 is 21.7 Å². The highest BCUT2D eigenvalue weighted by Crippen LogP contribution is 2.39. The van der Waals surface area contributed by atoms with Crippen molar-refractivity contribution in [1.82, 2.24) is 0 Å². The lowest BCUT2D eigenvalue weighted by molar-refractivity contribution is 0.0483. The number of carbonyl (C=O) groups excluding carboxylic acids is 1. The molecule has 1 atom stereocenters. The number of carbonyl (C=O) groups is 1. The van der Waals surface area contributed by atoms with Crippen molar-refractivity contribution < 1.29 is 27.4 Å². The van der Waals surface area contributed by atoms with Gasteiger partial charge in [-0.15, -0.1) is 0 Å². The van der Waals surface area contributed by atoms with Crippen LogP contribution in [0.25, 0.3) is 0 Å². The second-order valence-electron chi connectivity index (χ2n) is 9.98. The van der Waals surface area contributed by atoms with Gasteiger partial charge in [0.1, 0.15) is 11.3 Å². The average Bonchev–Trinajstić information content (AvgIpc) is 2.90. The van der Waals surface area contributed by atoms with Gasteiger partial charge in [0.05, 0.1) is 24.3 Å². The molecule has 0 amide bonds. The number of sulfonamides is 1. The number of benzene rings is 2. The van der Waals surface area contributed by atoms with Crippen LogP contribution in [-0.2, 0) is 32.3 Å². The number of rotatable bonds is 8. The first kappa shape index (κ1) is 26.5. The van der Waals surface area contributed by atoms with Crippen LogP contribution in [0.1, 0.15) is 61.5 Å². The van der Waals surface area contributed by atoms with E-state index in [0.29, 0.717) is 31.5 Å². The van der Waals surface area contributed by atoms with Crippen LogP contribution in [-0.4, -0.2) is 47.4 Å². The zero-order chi connectivity index (χ0) is 25.9. The van der Waals surface area contributed by atoms with E-state index in [1.165, 1.54) is 24.8 Å². The Morgan fingerprint density at radius 3 is 2.53 bits per heavy atom. The summed E-state index contributed by atoms with van der Waals surface area (Å²) < 4.78 is 46.2. The second-order valence-corrected chi connectivity index (χ2v) is 11.8. The first-order valence-corrected chi connectivity index (χ1v) is 14.3. The molecule has 2 aromatic carbocycles. The van der Waals surface area contributed by atoms with Crippen molar-refractivity contribution in [3.63, 3.8) is 0 Å². The standard InChI is InChI=1S/C28H37NO6S/c1-5-20-6-9-26-22(16-20)7-10-25(19(2)3)29(26)36(31,32)23-8-11-27(24(17-23)28(30)33-4)35-18-21-12-14-34-15-13-21/h6,8-9,11,16-17,19,21,25H,5,7,10,12-15,18H2,1-4H3. The average molecular weight is 516 g/mol. The monoisotopic (exact) mass is 515 g/mol. The van der Waals surface area contributed by atoms with Crippen LogP contribution < -0.4 is 9.04 Å². The molecule has 1 unspecified atom stereocenters. The van der Waals surface area contributed by atoms with Crippen LogP contribution in [0, 0.1) is 11.8 Å². The quantitative estimate of drug-likeness (QED) is 0.460. The summed E-state index contributed by atoms with van der Waals surface area (Å²) in [4.78, 5) is 12.7. The zero-order valence-corrected chi connectivity index (χ0v) is 22.5. The Kier molecular flexibility index (Phi) is 8.25. The molecule has 0 aliphatic carbocycles. The van der Waals surface area contributed by atoms with Crippen LogP contribution in [0.15, 0.2) is 41.3 Å². The van der Waals surface area contributed by atoms with Gasteiger partial charge in [0, 0.05) is 19.3 Å². The summed E-state index contributed by atoms with van der Waals surface area (Å²) in [7, 11) is -2.67. The van der Waals surface area contributed by atoms with Gasteiger partial charge in [-0.05, 0) is 79.3 Å². The summed E-state index contributed by atoms with van der Waals surface area (Å²) in [6, 6.07) is 10.4. The van der Waals surface area contributed by atoms with E-state index < -0.39 is 16.0 Å². The van der Waals surface area contributed by atoms with Gasteiger partial charge in [-0.25, -0.2) is 13.2 Å². The van der Waals surface area contributed by atoms with Gasteiger partial charge < -0.3 is 14.2 Å². The normalized spacial score (nSPS) is 18.7. The number of ether oxygens (including phenoxy) is 3. The van der Waals surface area contributed by atoms with E-state index in [2.05, 4.69) is 13.0 Å². The summed E-state index contributed by atoms with van der Waals surface area (Å²) in [6.45, 7) is 8.02. The summed E-state index contributed by atoms with van der Waals surface area (Å²) in [5, 5.41) is 0. The van der Waals surface area contributed by atoms with E-state index in [4.69, 9.17) is 14.2 Å². The van der Waals surface area contributed by atoms with E-state index in [9.17, 15) is 13.2 Å². The Morgan fingerprint density at radius 2 is 1.86 bits per heavy atom. The molecule has 0 saturated carbocycles. The molecule has 8 heteroatoms. The highest BCUT2D eigenvalue weighted by Gasteiger charge is 2.38. The van der Waals surface area contributed by atoms with E-state index >= 15 is 0 Å². The van der Waals surface area contributed by atoms with Crippen molar-refractivity contribution in [2.75, 3.05) is 31.2 Å². The number of aryl methyl sites for hydroxylation is 2. The van der Waals surface area contributed by atoms with Gasteiger partial charge >= 0.3 is 5.97 Å². The van der Waals surface area contributed by atoms with E-state index in [1.807, 2.05) is 26.0 Å². The number of hydrogen-bond acceptors (Lipinski definition) is 6. The Morgan fingerprint density at radius 1 is 1.11 bits per heavy atom. The Hall–Kier alpha value is -2.58. The zero-order valence-electron chi connectivity index (χ0n) is 21.7. The lowest BCUT2D eigenvalue weighted by atomic mass is 9.90. The van der Waals surface area contributed by atoms with Crippen LogP contribution in [0.3, 0.4) is 0 Å². The molecule has 7 nitrogen and oxygen atoms in total. The molecule has 36 heavy (non-hydrogen) atoms. The number of methoxy groups -OCH3 is 1. The van der Waals surface area contributed by atoms with Crippen molar-refractivity contribution in [3.05, 3.63) is 53.1 Å². The van der Waals surface area contributed by atoms with E-state index in [1.54, 1.807) is 10.4 Å². The molecule has 196 valence electrons. The van der Waals surface area contributed by atoms with E-state index in [-0.39, 0.29) is 22.4 Å². The topological polar surface area (TPSA) is 82.1 Å². The molecule has 0 aromatic heterocycles. The third-order valence-electron chi connectivity index (χ3n) is 7.30. The smallest absolute Gasteiger partial charge is 0.341 e. The SMILES string of the molecule is CCc1ccc2c(c1)CCC(C(C)C)N2S(=O)(=O)c1ccc(OCC2CCOCC2)c(C(=O)OC)c1. The fourth-order valence-electron chi connectivity index (χ4n) is 5.08. The molecule has 4 rings (SSSR count). The number of hydrogen-bond donors (Lipinski definition) is 0.